The van der Waals surface area contributed by atoms with Crippen LogP contribution in [-0.4, -0.2) is 30.5 Å². The van der Waals surface area contributed by atoms with Crippen LogP contribution in [0.2, 0.25) is 0 Å². The largest absolute Gasteiger partial charge is 0.316 e. The second kappa shape index (κ2) is 5.07. The van der Waals surface area contributed by atoms with Crippen molar-refractivity contribution >= 4 is 11.6 Å². The van der Waals surface area contributed by atoms with E-state index in [2.05, 4.69) is 10.3 Å². The summed E-state index contributed by atoms with van der Waals surface area (Å²) in [5.74, 6) is 0.354. The van der Waals surface area contributed by atoms with E-state index in [0.717, 1.165) is 25.2 Å². The molecule has 0 spiro atoms. The normalized spacial score (nSPS) is 19.7. The predicted octanol–water partition coefficient (Wildman–Crippen LogP) is 1.04. The molecular weight excluding hydrogens is 202 g/mol. The van der Waals surface area contributed by atoms with Crippen LogP contribution in [0.4, 0.5) is 5.69 Å². The monoisotopic (exact) mass is 219 g/mol. The summed E-state index contributed by atoms with van der Waals surface area (Å²) < 4.78 is 0. The quantitative estimate of drug-likeness (QED) is 0.826. The highest BCUT2D eigenvalue weighted by Gasteiger charge is 2.26. The maximum absolute atomic E-state index is 12.2. The van der Waals surface area contributed by atoms with Gasteiger partial charge in [-0.15, -0.1) is 0 Å². The number of nitrogens with one attached hydrogen (secondary N) is 1. The van der Waals surface area contributed by atoms with E-state index in [1.54, 1.807) is 12.4 Å². The van der Waals surface area contributed by atoms with Crippen molar-refractivity contribution in [3.8, 4) is 0 Å². The zero-order chi connectivity index (χ0) is 11.4. The smallest absolute Gasteiger partial charge is 0.231 e. The third kappa shape index (κ3) is 2.22. The van der Waals surface area contributed by atoms with Gasteiger partial charge in [0.05, 0.1) is 5.92 Å². The van der Waals surface area contributed by atoms with E-state index in [9.17, 15) is 4.79 Å². The molecule has 0 bridgehead atoms. The number of aromatic nitrogens is 1. The summed E-state index contributed by atoms with van der Waals surface area (Å²) in [5.41, 5.74) is 0.939. The number of amides is 1. The predicted molar refractivity (Wildman–Crippen MR) is 63.2 cm³/mol. The molecule has 1 amide bonds. The second-order valence-electron chi connectivity index (χ2n) is 3.98. The minimum Gasteiger partial charge on any atom is -0.316 e. The number of rotatable bonds is 3. The van der Waals surface area contributed by atoms with E-state index < -0.39 is 0 Å². The highest BCUT2D eigenvalue weighted by Crippen LogP contribution is 2.18. The Morgan fingerprint density at radius 3 is 2.88 bits per heavy atom. The van der Waals surface area contributed by atoms with Gasteiger partial charge in [0.25, 0.3) is 0 Å². The first-order valence-electron chi connectivity index (χ1n) is 5.75. The molecule has 86 valence electrons. The lowest BCUT2D eigenvalue weighted by atomic mass is 10.1. The van der Waals surface area contributed by atoms with Crippen molar-refractivity contribution in [2.45, 2.75) is 13.3 Å². The van der Waals surface area contributed by atoms with Crippen LogP contribution < -0.4 is 10.2 Å². The maximum Gasteiger partial charge on any atom is 0.231 e. The standard InChI is InChI=1S/C12H17N3O/c1-2-15(11-4-7-13-8-5-11)12(16)10-3-6-14-9-10/h4-5,7-8,10,14H,2-3,6,9H2,1H3. The first kappa shape index (κ1) is 11.1. The molecular formula is C12H17N3O. The van der Waals surface area contributed by atoms with Gasteiger partial charge < -0.3 is 10.2 Å². The van der Waals surface area contributed by atoms with Crippen molar-refractivity contribution in [1.29, 1.82) is 0 Å². The van der Waals surface area contributed by atoms with E-state index in [1.807, 2.05) is 24.0 Å². The van der Waals surface area contributed by atoms with Crippen LogP contribution in [0, 0.1) is 5.92 Å². The van der Waals surface area contributed by atoms with Crippen LogP contribution in [0.1, 0.15) is 13.3 Å². The molecule has 16 heavy (non-hydrogen) atoms. The lowest BCUT2D eigenvalue weighted by molar-refractivity contribution is -0.121. The van der Waals surface area contributed by atoms with Gasteiger partial charge in [-0.25, -0.2) is 0 Å². The Kier molecular flexibility index (Phi) is 3.51. The van der Waals surface area contributed by atoms with Crippen LogP contribution in [0.25, 0.3) is 0 Å². The third-order valence-electron chi connectivity index (χ3n) is 2.97. The molecule has 1 N–H and O–H groups in total. The molecule has 1 aliphatic heterocycles. The average molecular weight is 219 g/mol. The Morgan fingerprint density at radius 2 is 2.31 bits per heavy atom. The number of nitrogens with zero attached hydrogens (tertiary/aromatic N) is 2. The summed E-state index contributed by atoms with van der Waals surface area (Å²) in [6.45, 7) is 4.46. The van der Waals surface area contributed by atoms with Crippen LogP contribution in [0.3, 0.4) is 0 Å². The lowest BCUT2D eigenvalue weighted by Gasteiger charge is -2.23. The molecule has 1 atom stereocenters. The molecule has 0 aliphatic carbocycles. The molecule has 2 heterocycles. The molecule has 0 aromatic carbocycles. The number of anilines is 1. The van der Waals surface area contributed by atoms with Crippen LogP contribution in [0.15, 0.2) is 24.5 Å². The number of carbonyl (C=O) groups excluding carboxylic acids is 1. The van der Waals surface area contributed by atoms with Crippen molar-refractivity contribution in [3.63, 3.8) is 0 Å². The molecule has 0 saturated carbocycles. The summed E-state index contributed by atoms with van der Waals surface area (Å²) in [7, 11) is 0. The molecule has 1 unspecified atom stereocenters. The minimum absolute atomic E-state index is 0.133. The molecule has 1 aromatic rings. The Bertz CT molecular complexity index is 347. The van der Waals surface area contributed by atoms with E-state index in [-0.39, 0.29) is 11.8 Å². The van der Waals surface area contributed by atoms with E-state index >= 15 is 0 Å². The summed E-state index contributed by atoms with van der Waals surface area (Å²) >= 11 is 0. The van der Waals surface area contributed by atoms with Gasteiger partial charge in [0.1, 0.15) is 0 Å². The number of pyridine rings is 1. The van der Waals surface area contributed by atoms with Gasteiger partial charge in [0, 0.05) is 31.2 Å². The van der Waals surface area contributed by atoms with Gasteiger partial charge in [0.2, 0.25) is 5.91 Å². The van der Waals surface area contributed by atoms with E-state index in [4.69, 9.17) is 0 Å². The van der Waals surface area contributed by atoms with Crippen LogP contribution in [0.5, 0.6) is 0 Å². The zero-order valence-corrected chi connectivity index (χ0v) is 9.52. The maximum atomic E-state index is 12.2. The molecule has 4 nitrogen and oxygen atoms in total. The first-order valence-corrected chi connectivity index (χ1v) is 5.75. The Labute approximate surface area is 95.7 Å². The van der Waals surface area contributed by atoms with Crippen molar-refractivity contribution in [2.24, 2.45) is 5.92 Å². The zero-order valence-electron chi connectivity index (χ0n) is 9.52. The van der Waals surface area contributed by atoms with Crippen molar-refractivity contribution < 1.29 is 4.79 Å². The summed E-state index contributed by atoms with van der Waals surface area (Å²) in [4.78, 5) is 18.0. The fraction of sp³-hybridized carbons (Fsp3) is 0.500. The molecule has 1 saturated heterocycles. The van der Waals surface area contributed by atoms with Crippen molar-refractivity contribution in [2.75, 3.05) is 24.5 Å². The van der Waals surface area contributed by atoms with E-state index in [0.29, 0.717) is 6.54 Å². The molecule has 1 fully saturated rings. The topological polar surface area (TPSA) is 45.2 Å². The first-order chi connectivity index (χ1) is 7.83. The Balaban J connectivity index is 2.13. The Morgan fingerprint density at radius 1 is 1.56 bits per heavy atom. The SMILES string of the molecule is CCN(C(=O)C1CCNC1)c1ccncc1. The van der Waals surface area contributed by atoms with Crippen molar-refractivity contribution in [1.82, 2.24) is 10.3 Å². The molecule has 1 aromatic heterocycles. The van der Waals surface area contributed by atoms with Crippen LogP contribution >= 0.6 is 0 Å². The number of hydrogen-bond donors (Lipinski definition) is 1. The Hall–Kier alpha value is -1.42. The van der Waals surface area contributed by atoms with Gasteiger partial charge in [-0.1, -0.05) is 0 Å². The highest BCUT2D eigenvalue weighted by molar-refractivity contribution is 5.95. The highest BCUT2D eigenvalue weighted by atomic mass is 16.2. The van der Waals surface area contributed by atoms with E-state index in [1.165, 1.54) is 0 Å². The third-order valence-corrected chi connectivity index (χ3v) is 2.97. The van der Waals surface area contributed by atoms with Gasteiger partial charge in [0.15, 0.2) is 0 Å². The number of hydrogen-bond acceptors (Lipinski definition) is 3. The molecule has 0 radical (unpaired) electrons. The van der Waals surface area contributed by atoms with Gasteiger partial charge in [-0.3, -0.25) is 9.78 Å². The lowest BCUT2D eigenvalue weighted by Crippen LogP contribution is -2.37. The molecule has 2 rings (SSSR count). The van der Waals surface area contributed by atoms with Gasteiger partial charge >= 0.3 is 0 Å². The van der Waals surface area contributed by atoms with Gasteiger partial charge in [-0.2, -0.15) is 0 Å². The van der Waals surface area contributed by atoms with Crippen LogP contribution in [-0.2, 0) is 4.79 Å². The fourth-order valence-corrected chi connectivity index (χ4v) is 2.08. The average Bonchev–Trinajstić information content (AvgIpc) is 2.85. The van der Waals surface area contributed by atoms with Crippen molar-refractivity contribution in [3.05, 3.63) is 24.5 Å². The summed E-state index contributed by atoms with van der Waals surface area (Å²) in [5, 5.41) is 3.22. The summed E-state index contributed by atoms with van der Waals surface area (Å²) in [6.07, 6.45) is 4.39. The minimum atomic E-state index is 0.133. The summed E-state index contributed by atoms with van der Waals surface area (Å²) in [6, 6.07) is 3.76. The fourth-order valence-electron chi connectivity index (χ4n) is 2.08. The second-order valence-corrected chi connectivity index (χ2v) is 3.98. The molecule has 4 heteroatoms. The van der Waals surface area contributed by atoms with Gasteiger partial charge in [-0.05, 0) is 32.0 Å². The number of carbonyl (C=O) groups is 1. The molecule has 1 aliphatic rings.